The zero-order chi connectivity index (χ0) is 12.8. The Kier molecular flexibility index (Phi) is 4.79. The summed E-state index contributed by atoms with van der Waals surface area (Å²) in [6.07, 6.45) is 5.81. The lowest BCUT2D eigenvalue weighted by molar-refractivity contribution is 0.573. The highest BCUT2D eigenvalue weighted by Gasteiger charge is 2.04. The molecule has 0 unspecified atom stereocenters. The van der Waals surface area contributed by atoms with E-state index in [-0.39, 0.29) is 0 Å². The Hall–Kier alpha value is -1.32. The van der Waals surface area contributed by atoms with Crippen LogP contribution in [0.25, 0.3) is 0 Å². The lowest BCUT2D eigenvalue weighted by atomic mass is 10.1. The van der Waals surface area contributed by atoms with Gasteiger partial charge in [-0.25, -0.2) is 0 Å². The molecular weight excluding hydrogens is 240 g/mol. The number of benzene rings is 1. The number of rotatable bonds is 5. The maximum Gasteiger partial charge on any atom is 0.0315 e. The minimum absolute atomic E-state index is 0.318. The Morgan fingerprint density at radius 2 is 2.00 bits per heavy atom. The number of thioether (sulfide) groups is 1. The minimum atomic E-state index is 0.318. The monoisotopic (exact) mass is 258 g/mol. The van der Waals surface area contributed by atoms with Gasteiger partial charge in [0.15, 0.2) is 0 Å². The fraction of sp³-hybridized carbons (Fsp3) is 0.267. The molecule has 3 heteroatoms. The highest BCUT2D eigenvalue weighted by Crippen LogP contribution is 2.16. The van der Waals surface area contributed by atoms with Crippen LogP contribution in [-0.4, -0.2) is 11.2 Å². The Morgan fingerprint density at radius 3 is 2.61 bits per heavy atom. The van der Waals surface area contributed by atoms with E-state index >= 15 is 0 Å². The molecule has 0 spiro atoms. The summed E-state index contributed by atoms with van der Waals surface area (Å²) in [5.41, 5.74) is 2.53. The second kappa shape index (κ2) is 6.57. The van der Waals surface area contributed by atoms with Crippen LogP contribution in [0.3, 0.4) is 0 Å². The average molecular weight is 258 g/mol. The summed E-state index contributed by atoms with van der Waals surface area (Å²) < 4.78 is 0. The summed E-state index contributed by atoms with van der Waals surface area (Å²) in [5, 5.41) is 3.51. The molecule has 18 heavy (non-hydrogen) atoms. The molecule has 2 nitrogen and oxygen atoms in total. The number of hydrogen-bond donors (Lipinski definition) is 1. The predicted molar refractivity (Wildman–Crippen MR) is 77.7 cm³/mol. The first-order valence-corrected chi connectivity index (χ1v) is 7.28. The summed E-state index contributed by atoms with van der Waals surface area (Å²) in [7, 11) is 0. The van der Waals surface area contributed by atoms with Crippen molar-refractivity contribution in [1.29, 1.82) is 0 Å². The van der Waals surface area contributed by atoms with Crippen LogP contribution in [-0.2, 0) is 6.54 Å². The second-order valence-corrected chi connectivity index (χ2v) is 5.12. The molecule has 1 heterocycles. The quantitative estimate of drug-likeness (QED) is 0.829. The van der Waals surface area contributed by atoms with E-state index in [9.17, 15) is 0 Å². The number of nitrogens with zero attached hydrogens (tertiary/aromatic N) is 1. The standard InChI is InChI=1S/C15H18N2S/c1-12(14-4-3-9-16-11-14)17-10-13-5-7-15(18-2)8-6-13/h3-9,11-12,17H,10H2,1-2H3/t12-/m1/s1. The van der Waals surface area contributed by atoms with E-state index in [0.717, 1.165) is 6.54 Å². The number of pyridine rings is 1. The van der Waals surface area contributed by atoms with Crippen molar-refractivity contribution in [1.82, 2.24) is 10.3 Å². The van der Waals surface area contributed by atoms with E-state index in [0.29, 0.717) is 6.04 Å². The van der Waals surface area contributed by atoms with Gasteiger partial charge < -0.3 is 5.32 Å². The highest BCUT2D eigenvalue weighted by atomic mass is 32.2. The molecule has 0 saturated carbocycles. The van der Waals surface area contributed by atoms with Crippen molar-refractivity contribution in [3.63, 3.8) is 0 Å². The summed E-state index contributed by atoms with van der Waals surface area (Å²) in [6.45, 7) is 3.04. The van der Waals surface area contributed by atoms with Crippen LogP contribution in [0, 0.1) is 0 Å². The molecule has 2 rings (SSSR count). The average Bonchev–Trinajstić information content (AvgIpc) is 2.46. The normalized spacial score (nSPS) is 12.3. The SMILES string of the molecule is CSc1ccc(CN[C@H](C)c2cccnc2)cc1. The fourth-order valence-corrected chi connectivity index (χ4v) is 2.17. The first-order chi connectivity index (χ1) is 8.79. The van der Waals surface area contributed by atoms with Crippen molar-refractivity contribution < 1.29 is 0 Å². The van der Waals surface area contributed by atoms with Crippen LogP contribution >= 0.6 is 11.8 Å². The maximum absolute atomic E-state index is 4.14. The third-order valence-corrected chi connectivity index (χ3v) is 3.70. The van der Waals surface area contributed by atoms with Gasteiger partial charge in [-0.05, 0) is 42.5 Å². The maximum atomic E-state index is 4.14. The molecule has 0 aliphatic carbocycles. The van der Waals surface area contributed by atoms with Gasteiger partial charge in [0.25, 0.3) is 0 Å². The third kappa shape index (κ3) is 3.59. The van der Waals surface area contributed by atoms with Crippen LogP contribution in [0.2, 0.25) is 0 Å². The van der Waals surface area contributed by atoms with Crippen LogP contribution in [0.1, 0.15) is 24.1 Å². The molecular formula is C15H18N2S. The highest BCUT2D eigenvalue weighted by molar-refractivity contribution is 7.98. The van der Waals surface area contributed by atoms with Crippen molar-refractivity contribution >= 4 is 11.8 Å². The molecule has 0 amide bonds. The third-order valence-electron chi connectivity index (χ3n) is 2.96. The molecule has 0 bridgehead atoms. The van der Waals surface area contributed by atoms with Crippen molar-refractivity contribution in [2.75, 3.05) is 6.26 Å². The van der Waals surface area contributed by atoms with Crippen LogP contribution in [0.15, 0.2) is 53.7 Å². The van der Waals surface area contributed by atoms with Gasteiger partial charge in [-0.1, -0.05) is 18.2 Å². The number of nitrogens with one attached hydrogen (secondary N) is 1. The van der Waals surface area contributed by atoms with E-state index in [1.54, 1.807) is 18.0 Å². The van der Waals surface area contributed by atoms with Crippen molar-refractivity contribution in [2.24, 2.45) is 0 Å². The first kappa shape index (κ1) is 13.1. The van der Waals surface area contributed by atoms with E-state index in [1.165, 1.54) is 16.0 Å². The van der Waals surface area contributed by atoms with Crippen LogP contribution in [0.5, 0.6) is 0 Å². The molecule has 0 saturated heterocycles. The van der Waals surface area contributed by atoms with E-state index in [1.807, 2.05) is 12.3 Å². The second-order valence-electron chi connectivity index (χ2n) is 4.24. The topological polar surface area (TPSA) is 24.9 Å². The Balaban J connectivity index is 1.91. The lowest BCUT2D eigenvalue weighted by Gasteiger charge is -2.13. The zero-order valence-electron chi connectivity index (χ0n) is 10.8. The summed E-state index contributed by atoms with van der Waals surface area (Å²) in [6, 6.07) is 13.1. The Morgan fingerprint density at radius 1 is 1.22 bits per heavy atom. The summed E-state index contributed by atoms with van der Waals surface area (Å²) in [5.74, 6) is 0. The molecule has 94 valence electrons. The van der Waals surface area contributed by atoms with Crippen LogP contribution in [0.4, 0.5) is 0 Å². The predicted octanol–water partition coefficient (Wildman–Crippen LogP) is 3.65. The lowest BCUT2D eigenvalue weighted by Crippen LogP contribution is -2.18. The zero-order valence-corrected chi connectivity index (χ0v) is 11.6. The Bertz CT molecular complexity index is 468. The molecule has 1 N–H and O–H groups in total. The minimum Gasteiger partial charge on any atom is -0.306 e. The smallest absolute Gasteiger partial charge is 0.0315 e. The van der Waals surface area contributed by atoms with Gasteiger partial charge in [-0.2, -0.15) is 0 Å². The molecule has 0 radical (unpaired) electrons. The molecule has 0 fully saturated rings. The van der Waals surface area contributed by atoms with Gasteiger partial charge >= 0.3 is 0 Å². The van der Waals surface area contributed by atoms with Gasteiger partial charge in [-0.15, -0.1) is 11.8 Å². The van der Waals surface area contributed by atoms with E-state index in [4.69, 9.17) is 0 Å². The van der Waals surface area contributed by atoms with Crippen molar-refractivity contribution in [2.45, 2.75) is 24.4 Å². The van der Waals surface area contributed by atoms with E-state index < -0.39 is 0 Å². The van der Waals surface area contributed by atoms with Crippen LogP contribution < -0.4 is 5.32 Å². The van der Waals surface area contributed by atoms with Gasteiger partial charge in [0, 0.05) is 29.9 Å². The van der Waals surface area contributed by atoms with Gasteiger partial charge in [0.1, 0.15) is 0 Å². The van der Waals surface area contributed by atoms with Gasteiger partial charge in [0.2, 0.25) is 0 Å². The van der Waals surface area contributed by atoms with E-state index in [2.05, 4.69) is 53.8 Å². The molecule has 1 atom stereocenters. The van der Waals surface area contributed by atoms with Crippen molar-refractivity contribution in [3.8, 4) is 0 Å². The Labute approximate surface area is 113 Å². The molecule has 0 aliphatic heterocycles. The van der Waals surface area contributed by atoms with Gasteiger partial charge in [-0.3, -0.25) is 4.98 Å². The molecule has 1 aromatic carbocycles. The molecule has 0 aliphatic rings. The largest absolute Gasteiger partial charge is 0.306 e. The molecule has 1 aromatic heterocycles. The van der Waals surface area contributed by atoms with Gasteiger partial charge in [0.05, 0.1) is 0 Å². The summed E-state index contributed by atoms with van der Waals surface area (Å²) >= 11 is 1.77. The fourth-order valence-electron chi connectivity index (χ4n) is 1.76. The number of hydrogen-bond acceptors (Lipinski definition) is 3. The first-order valence-electron chi connectivity index (χ1n) is 6.06. The molecule has 2 aromatic rings. The summed E-state index contributed by atoms with van der Waals surface area (Å²) in [4.78, 5) is 5.45. The number of aromatic nitrogens is 1. The van der Waals surface area contributed by atoms with Crippen molar-refractivity contribution in [3.05, 3.63) is 59.9 Å².